The summed E-state index contributed by atoms with van der Waals surface area (Å²) in [7, 11) is 0. The van der Waals surface area contributed by atoms with Gasteiger partial charge in [-0.3, -0.25) is 0 Å². The van der Waals surface area contributed by atoms with Gasteiger partial charge in [0, 0.05) is 36.0 Å². The number of anilines is 1. The average molecular weight is 394 g/mol. The fraction of sp³-hybridized carbons (Fsp3) is 0.458. The van der Waals surface area contributed by atoms with Gasteiger partial charge in [-0.2, -0.15) is 0 Å². The van der Waals surface area contributed by atoms with Gasteiger partial charge in [0.05, 0.1) is 0 Å². The molecule has 4 rings (SSSR count). The van der Waals surface area contributed by atoms with E-state index in [1.54, 1.807) is 0 Å². The van der Waals surface area contributed by atoms with Gasteiger partial charge in [0.2, 0.25) is 0 Å². The molecule has 5 nitrogen and oxygen atoms in total. The molecule has 0 spiro atoms. The monoisotopic (exact) mass is 393 g/mol. The number of piperidine rings is 1. The van der Waals surface area contributed by atoms with Crippen LogP contribution in [0.25, 0.3) is 17.8 Å². The van der Waals surface area contributed by atoms with Crippen molar-refractivity contribution in [3.05, 3.63) is 46.6 Å². The van der Waals surface area contributed by atoms with E-state index in [0.29, 0.717) is 5.92 Å². The van der Waals surface area contributed by atoms with Gasteiger partial charge in [0.1, 0.15) is 5.60 Å². The van der Waals surface area contributed by atoms with E-state index in [1.165, 1.54) is 16.1 Å². The van der Waals surface area contributed by atoms with Crippen LogP contribution < -0.4 is 16.3 Å². The third-order valence-corrected chi connectivity index (χ3v) is 5.73. The van der Waals surface area contributed by atoms with Crippen LogP contribution in [-0.4, -0.2) is 34.3 Å². The first-order valence-electron chi connectivity index (χ1n) is 10.6. The Bertz CT molecular complexity index is 1000. The number of fused-ring (bicyclic) bond motifs is 1. The van der Waals surface area contributed by atoms with Crippen LogP contribution in [0.15, 0.2) is 30.5 Å². The highest BCUT2D eigenvalue weighted by Gasteiger charge is 2.28. The van der Waals surface area contributed by atoms with Gasteiger partial charge in [-0.25, -0.2) is 4.79 Å². The number of hydrogen-bond donors (Lipinski definition) is 1. The lowest BCUT2D eigenvalue weighted by atomic mass is 9.89. The number of rotatable bonds is 2. The fourth-order valence-electron chi connectivity index (χ4n) is 4.31. The number of nitrogens with zero attached hydrogens (tertiary/aromatic N) is 2. The van der Waals surface area contributed by atoms with Crippen molar-refractivity contribution in [2.75, 3.05) is 18.8 Å². The molecule has 1 aromatic heterocycles. The number of carbonyl (C=O) groups is 1. The lowest BCUT2D eigenvalue weighted by Crippen LogP contribution is -2.42. The van der Waals surface area contributed by atoms with Crippen molar-refractivity contribution in [2.24, 2.45) is 0 Å². The smallest absolute Gasteiger partial charge is 0.410 e. The maximum atomic E-state index is 12.4. The SMILES string of the molecule is CC(C)(C)OC(=O)N1CCC(c2cn(-c3ccc(N)cc3)c3c2=CCCC=3)CC1. The molecular formula is C24H31N3O2. The molecule has 2 aliphatic rings. The standard InChI is InChI=1S/C24H31N3O2/c1-24(2,3)29-23(28)26-14-12-17(13-15-26)21-16-27(19-10-8-18(25)9-11-19)22-7-5-4-6-20(21)22/h6-11,16-17H,4-5,12-15,25H2,1-3H3. The molecule has 2 heterocycles. The second-order valence-electron chi connectivity index (χ2n) is 9.07. The summed E-state index contributed by atoms with van der Waals surface area (Å²) in [5, 5.41) is 2.65. The number of hydrogen-bond acceptors (Lipinski definition) is 3. The molecule has 1 amide bonds. The topological polar surface area (TPSA) is 60.5 Å². The Morgan fingerprint density at radius 1 is 1.07 bits per heavy atom. The molecule has 5 heteroatoms. The largest absolute Gasteiger partial charge is 0.444 e. The molecule has 0 saturated carbocycles. The Balaban J connectivity index is 1.58. The predicted octanol–water partition coefficient (Wildman–Crippen LogP) is 3.53. The minimum absolute atomic E-state index is 0.197. The predicted molar refractivity (Wildman–Crippen MR) is 117 cm³/mol. The molecule has 0 unspecified atom stereocenters. The summed E-state index contributed by atoms with van der Waals surface area (Å²) < 4.78 is 7.83. The molecule has 0 radical (unpaired) electrons. The number of carbonyl (C=O) groups excluding carboxylic acids is 1. The summed E-state index contributed by atoms with van der Waals surface area (Å²) in [5.41, 5.74) is 8.74. The Morgan fingerprint density at radius 3 is 2.38 bits per heavy atom. The van der Waals surface area contributed by atoms with Gasteiger partial charge in [-0.05, 0) is 87.4 Å². The molecule has 1 fully saturated rings. The highest BCUT2D eigenvalue weighted by molar-refractivity contribution is 5.68. The number of nitrogen functional groups attached to an aromatic ring is 1. The summed E-state index contributed by atoms with van der Waals surface area (Å²) in [5.74, 6) is 0.459. The lowest BCUT2D eigenvalue weighted by molar-refractivity contribution is 0.0204. The maximum absolute atomic E-state index is 12.4. The normalized spacial score (nSPS) is 17.3. The molecule has 2 aromatic rings. The quantitative estimate of drug-likeness (QED) is 0.794. The highest BCUT2D eigenvalue weighted by atomic mass is 16.6. The van der Waals surface area contributed by atoms with Crippen molar-refractivity contribution in [3.8, 4) is 5.69 Å². The number of ether oxygens (including phenoxy) is 1. The van der Waals surface area contributed by atoms with Crippen molar-refractivity contribution in [1.29, 1.82) is 0 Å². The molecule has 29 heavy (non-hydrogen) atoms. The van der Waals surface area contributed by atoms with E-state index in [1.807, 2.05) is 37.8 Å². The summed E-state index contributed by atoms with van der Waals surface area (Å²) in [6.07, 6.45) is 10.9. The van der Waals surface area contributed by atoms with E-state index in [-0.39, 0.29) is 6.09 Å². The average Bonchev–Trinajstić information content (AvgIpc) is 3.07. The molecular weight excluding hydrogens is 362 g/mol. The molecule has 154 valence electrons. The van der Waals surface area contributed by atoms with E-state index in [9.17, 15) is 4.79 Å². The lowest BCUT2D eigenvalue weighted by Gasteiger charge is -2.33. The van der Waals surface area contributed by atoms with E-state index in [0.717, 1.165) is 50.1 Å². The van der Waals surface area contributed by atoms with Crippen LogP contribution in [0, 0.1) is 0 Å². The zero-order valence-electron chi connectivity index (χ0n) is 17.6. The van der Waals surface area contributed by atoms with Gasteiger partial charge in [-0.15, -0.1) is 0 Å². The molecule has 0 atom stereocenters. The van der Waals surface area contributed by atoms with Crippen LogP contribution in [0.2, 0.25) is 0 Å². The first kappa shape index (κ1) is 19.6. The van der Waals surface area contributed by atoms with Crippen LogP contribution in [0.5, 0.6) is 0 Å². The van der Waals surface area contributed by atoms with Crippen LogP contribution in [0.1, 0.15) is 57.9 Å². The molecule has 2 N–H and O–H groups in total. The van der Waals surface area contributed by atoms with Gasteiger partial charge in [-0.1, -0.05) is 12.2 Å². The summed E-state index contributed by atoms with van der Waals surface area (Å²) in [6, 6.07) is 8.06. The van der Waals surface area contributed by atoms with Crippen molar-refractivity contribution in [1.82, 2.24) is 9.47 Å². The zero-order chi connectivity index (χ0) is 20.6. The van der Waals surface area contributed by atoms with Gasteiger partial charge in [0.25, 0.3) is 0 Å². The van der Waals surface area contributed by atoms with Crippen LogP contribution in [0.3, 0.4) is 0 Å². The van der Waals surface area contributed by atoms with Gasteiger partial charge >= 0.3 is 6.09 Å². The Morgan fingerprint density at radius 2 is 1.72 bits per heavy atom. The molecule has 1 aliphatic carbocycles. The Labute approximate surface area is 172 Å². The van der Waals surface area contributed by atoms with Crippen LogP contribution in [0.4, 0.5) is 10.5 Å². The Hall–Kier alpha value is -2.69. The second-order valence-corrected chi connectivity index (χ2v) is 9.07. The second kappa shape index (κ2) is 7.62. The zero-order valence-corrected chi connectivity index (χ0v) is 17.6. The van der Waals surface area contributed by atoms with Crippen LogP contribution in [-0.2, 0) is 4.74 Å². The van der Waals surface area contributed by atoms with Crippen LogP contribution >= 0.6 is 0 Å². The van der Waals surface area contributed by atoms with E-state index in [2.05, 4.69) is 35.0 Å². The third kappa shape index (κ3) is 4.19. The van der Waals surface area contributed by atoms with Crippen molar-refractivity contribution in [2.45, 2.75) is 58.0 Å². The molecule has 1 aliphatic heterocycles. The highest BCUT2D eigenvalue weighted by Crippen LogP contribution is 2.27. The van der Waals surface area contributed by atoms with Gasteiger partial charge < -0.3 is 19.9 Å². The van der Waals surface area contributed by atoms with Crippen molar-refractivity contribution < 1.29 is 9.53 Å². The van der Waals surface area contributed by atoms with Crippen molar-refractivity contribution >= 4 is 23.9 Å². The molecule has 1 saturated heterocycles. The summed E-state index contributed by atoms with van der Waals surface area (Å²) in [6.45, 7) is 7.22. The van der Waals surface area contributed by atoms with Gasteiger partial charge in [0.15, 0.2) is 0 Å². The number of benzene rings is 1. The first-order chi connectivity index (χ1) is 13.8. The summed E-state index contributed by atoms with van der Waals surface area (Å²) in [4.78, 5) is 14.2. The molecule has 0 bridgehead atoms. The number of likely N-dealkylation sites (tertiary alicyclic amines) is 1. The van der Waals surface area contributed by atoms with E-state index >= 15 is 0 Å². The summed E-state index contributed by atoms with van der Waals surface area (Å²) >= 11 is 0. The molecule has 1 aromatic carbocycles. The van der Waals surface area contributed by atoms with Crippen molar-refractivity contribution in [3.63, 3.8) is 0 Å². The Kier molecular flexibility index (Phi) is 5.15. The number of aromatic nitrogens is 1. The number of nitrogens with two attached hydrogens (primary N) is 1. The maximum Gasteiger partial charge on any atom is 0.410 e. The fourth-order valence-corrected chi connectivity index (χ4v) is 4.31. The first-order valence-corrected chi connectivity index (χ1v) is 10.6. The van der Waals surface area contributed by atoms with E-state index < -0.39 is 5.60 Å². The third-order valence-electron chi connectivity index (χ3n) is 5.73. The minimum Gasteiger partial charge on any atom is -0.444 e. The number of amides is 1. The minimum atomic E-state index is -0.450. The van der Waals surface area contributed by atoms with E-state index in [4.69, 9.17) is 10.5 Å².